The summed E-state index contributed by atoms with van der Waals surface area (Å²) in [5.41, 5.74) is -0.700. The van der Waals surface area contributed by atoms with Crippen LogP contribution in [-0.2, 0) is 11.2 Å². The van der Waals surface area contributed by atoms with Crippen LogP contribution in [-0.4, -0.2) is 89.0 Å². The van der Waals surface area contributed by atoms with E-state index in [0.717, 1.165) is 22.8 Å². The molecule has 49 heavy (non-hydrogen) atoms. The van der Waals surface area contributed by atoms with Gasteiger partial charge in [-0.05, 0) is 49.6 Å². The highest BCUT2D eigenvalue weighted by Gasteiger charge is 2.49. The van der Waals surface area contributed by atoms with Crippen molar-refractivity contribution in [2.45, 2.75) is 75.5 Å². The van der Waals surface area contributed by atoms with Gasteiger partial charge >= 0.3 is 12.1 Å². The number of likely N-dealkylation sites (tertiary alicyclic amines) is 1. The van der Waals surface area contributed by atoms with E-state index >= 15 is 13.2 Å². The summed E-state index contributed by atoms with van der Waals surface area (Å²) in [7, 11) is 1.84. The number of rotatable bonds is 5. The van der Waals surface area contributed by atoms with E-state index in [0.29, 0.717) is 24.8 Å². The van der Waals surface area contributed by atoms with Gasteiger partial charge in [-0.25, -0.2) is 22.4 Å². The molecule has 2 aromatic heterocycles. The fourth-order valence-corrected chi connectivity index (χ4v) is 8.04. The molecule has 13 heteroatoms. The van der Waals surface area contributed by atoms with Gasteiger partial charge < -0.3 is 19.7 Å². The molecule has 0 radical (unpaired) electrons. The minimum Gasteiger partial charge on any atom is -0.461 e. The van der Waals surface area contributed by atoms with Gasteiger partial charge in [-0.2, -0.15) is 9.97 Å². The van der Waals surface area contributed by atoms with Gasteiger partial charge in [0.25, 0.3) is 5.92 Å². The van der Waals surface area contributed by atoms with Crippen molar-refractivity contribution in [3.8, 4) is 17.3 Å². The Bertz CT molecular complexity index is 1910. The van der Waals surface area contributed by atoms with Gasteiger partial charge in [-0.15, -0.1) is 0 Å². The first-order valence-electron chi connectivity index (χ1n) is 16.8. The van der Waals surface area contributed by atoms with E-state index in [1.54, 1.807) is 6.07 Å². The topological polar surface area (TPSA) is 92.7 Å². The van der Waals surface area contributed by atoms with E-state index < -0.39 is 48.0 Å². The number of alkyl carbamates (subject to hydrolysis) is 1. The summed E-state index contributed by atoms with van der Waals surface area (Å²) in [6, 6.07) is 11.1. The number of fused-ring (bicyclic) bond motifs is 6. The zero-order chi connectivity index (χ0) is 34.6. The molecule has 3 atom stereocenters. The first kappa shape index (κ1) is 33.2. The molecule has 9 nitrogen and oxygen atoms in total. The predicted octanol–water partition coefficient (Wildman–Crippen LogP) is 7.10. The number of nitrogens with one attached hydrogen (secondary N) is 1. The molecule has 0 unspecified atom stereocenters. The number of hydrogen-bond donors (Lipinski definition) is 1. The molecule has 4 aromatic rings. The van der Waals surface area contributed by atoms with Gasteiger partial charge in [-0.3, -0.25) is 9.88 Å². The van der Waals surface area contributed by atoms with Crippen LogP contribution in [0.15, 0.2) is 42.6 Å². The molecule has 6 bridgehead atoms. The second kappa shape index (κ2) is 12.6. The first-order chi connectivity index (χ1) is 23.4. The summed E-state index contributed by atoms with van der Waals surface area (Å²) in [6.45, 7) is 3.04. The zero-order valence-corrected chi connectivity index (χ0v) is 27.9. The molecule has 4 aliphatic heterocycles. The summed E-state index contributed by atoms with van der Waals surface area (Å²) in [5.74, 6) is -4.00. The van der Waals surface area contributed by atoms with Gasteiger partial charge in [0.2, 0.25) is 0 Å². The van der Waals surface area contributed by atoms with Crippen molar-refractivity contribution in [2.24, 2.45) is 0 Å². The average molecular weight is 683 g/mol. The molecule has 2 saturated heterocycles. The maximum atomic E-state index is 17.0. The number of carbonyl (C=O) groups excluding carboxylic acids is 1. The maximum Gasteiger partial charge on any atom is 0.407 e. The number of amides is 1. The highest BCUT2D eigenvalue weighted by Crippen LogP contribution is 2.41. The monoisotopic (exact) mass is 682 g/mol. The molecule has 0 spiro atoms. The van der Waals surface area contributed by atoms with E-state index in [2.05, 4.69) is 20.3 Å². The minimum atomic E-state index is -3.25. The van der Waals surface area contributed by atoms with E-state index in [-0.39, 0.29) is 62.6 Å². The van der Waals surface area contributed by atoms with Crippen molar-refractivity contribution in [1.29, 1.82) is 0 Å². The normalized spacial score (nSPS) is 25.8. The van der Waals surface area contributed by atoms with Crippen molar-refractivity contribution in [3.05, 3.63) is 54.0 Å². The number of benzene rings is 2. The van der Waals surface area contributed by atoms with Crippen molar-refractivity contribution >= 4 is 33.6 Å². The number of nitrogens with zero attached hydrogens (tertiary/aromatic N) is 5. The molecule has 0 saturated carbocycles. The Hall–Kier alpha value is -4.26. The van der Waals surface area contributed by atoms with Crippen LogP contribution in [0.2, 0.25) is 0 Å². The predicted molar refractivity (Wildman–Crippen MR) is 181 cm³/mol. The lowest BCUT2D eigenvalue weighted by molar-refractivity contribution is -0.0390. The molecule has 8 rings (SSSR count). The lowest BCUT2D eigenvalue weighted by Crippen LogP contribution is -2.63. The van der Waals surface area contributed by atoms with Gasteiger partial charge in [0.15, 0.2) is 5.82 Å². The molecule has 2 aromatic carbocycles. The molecule has 4 aliphatic rings. The Morgan fingerprint density at radius 1 is 1.16 bits per heavy atom. The molecule has 0 aliphatic carbocycles. The fraction of sp³-hybridized carbons (Fsp3) is 0.500. The number of halogens is 4. The standard InChI is InChI=1S/C36H40F4N6O3.H2/c1-4-13-35(15-24(37)17-45(35)3)21-49-32-42-30-26-16-41-29(28(30)38)25-12-6-10-22-8-5-9-23(27(22)25)11-7-14-48-33(47)44-34(2)18-36(39,40)20-46(19-34)31(26)43-32;/h5-6,8-10,12,16,24H,4,7,11,13-15,17-21H2,1-3H3,(H,44,47);1H/t24-,34+,35+;/m1./s1. The van der Waals surface area contributed by atoms with Crippen LogP contribution in [0.5, 0.6) is 6.01 Å². The second-order valence-electron chi connectivity index (χ2n) is 14.1. The molecule has 1 amide bonds. The van der Waals surface area contributed by atoms with Crippen LogP contribution in [0.3, 0.4) is 0 Å². The van der Waals surface area contributed by atoms with E-state index in [9.17, 15) is 9.18 Å². The highest BCUT2D eigenvalue weighted by molar-refractivity contribution is 6.00. The largest absolute Gasteiger partial charge is 0.461 e. The lowest BCUT2D eigenvalue weighted by atomic mass is 9.88. The van der Waals surface area contributed by atoms with Gasteiger partial charge in [0, 0.05) is 39.1 Å². The number of alkyl halides is 3. The summed E-state index contributed by atoms with van der Waals surface area (Å²) < 4.78 is 74.2. The summed E-state index contributed by atoms with van der Waals surface area (Å²) in [6.07, 6.45) is 1.59. The first-order valence-corrected chi connectivity index (χ1v) is 16.8. The molecular weight excluding hydrogens is 640 g/mol. The zero-order valence-electron chi connectivity index (χ0n) is 27.9. The summed E-state index contributed by atoms with van der Waals surface area (Å²) in [5, 5.41) is 4.46. The van der Waals surface area contributed by atoms with Crippen LogP contribution in [0.25, 0.3) is 32.9 Å². The quantitative estimate of drug-likeness (QED) is 0.223. The van der Waals surface area contributed by atoms with Crippen molar-refractivity contribution < 1.29 is 33.3 Å². The van der Waals surface area contributed by atoms with Crippen molar-refractivity contribution in [3.63, 3.8) is 0 Å². The minimum absolute atomic E-state index is 0. The third-order valence-corrected chi connectivity index (χ3v) is 10.1. The van der Waals surface area contributed by atoms with E-state index in [1.165, 1.54) is 18.0 Å². The Morgan fingerprint density at radius 2 is 1.96 bits per heavy atom. The number of hydrogen-bond acceptors (Lipinski definition) is 8. The maximum absolute atomic E-state index is 17.0. The van der Waals surface area contributed by atoms with Gasteiger partial charge in [0.05, 0.1) is 29.6 Å². The Balaban J connectivity index is 0.00000432. The van der Waals surface area contributed by atoms with Crippen LogP contribution < -0.4 is 15.0 Å². The SMILES string of the molecule is CCC[C@@]1(COc2nc3c4cnc(c(F)c4n2)-c2cccc4cccc(c24)CCCOC(=O)N[C@]2(C)CN3CC(F)(F)C2)C[C@@H](F)CN1C.[HH]. The summed E-state index contributed by atoms with van der Waals surface area (Å²) >= 11 is 0. The van der Waals surface area contributed by atoms with Crippen LogP contribution in [0.4, 0.5) is 28.2 Å². The van der Waals surface area contributed by atoms with Crippen molar-refractivity contribution in [2.75, 3.05) is 44.8 Å². The number of pyridine rings is 1. The lowest BCUT2D eigenvalue weighted by Gasteiger charge is -2.44. The van der Waals surface area contributed by atoms with E-state index in [1.807, 2.05) is 49.2 Å². The van der Waals surface area contributed by atoms with Crippen molar-refractivity contribution in [1.82, 2.24) is 25.2 Å². The number of ether oxygens (including phenoxy) is 2. The number of likely N-dealkylation sites (N-methyl/N-ethyl adjacent to an activating group) is 1. The van der Waals surface area contributed by atoms with Gasteiger partial charge in [-0.1, -0.05) is 49.7 Å². The third-order valence-electron chi connectivity index (χ3n) is 10.1. The van der Waals surface area contributed by atoms with Crippen LogP contribution in [0, 0.1) is 5.82 Å². The third kappa shape index (κ3) is 6.33. The number of aryl methyl sites for hydroxylation is 1. The summed E-state index contributed by atoms with van der Waals surface area (Å²) in [4.78, 5) is 29.8. The Labute approximate surface area is 283 Å². The highest BCUT2D eigenvalue weighted by atomic mass is 19.3. The number of piperidine rings is 1. The van der Waals surface area contributed by atoms with Crippen LogP contribution in [0.1, 0.15) is 52.9 Å². The number of anilines is 1. The number of aromatic nitrogens is 3. The second-order valence-corrected chi connectivity index (χ2v) is 14.1. The van der Waals surface area contributed by atoms with Crippen LogP contribution >= 0.6 is 0 Å². The molecule has 2 fully saturated rings. The smallest absolute Gasteiger partial charge is 0.407 e. The Kier molecular flexibility index (Phi) is 8.53. The molecule has 6 heterocycles. The molecular formula is C36H42F4N6O3. The molecule has 262 valence electrons. The number of carbonyl (C=O) groups is 1. The average Bonchev–Trinajstić information content (AvgIpc) is 3.32. The molecule has 1 N–H and O–H groups in total. The van der Waals surface area contributed by atoms with E-state index in [4.69, 9.17) is 9.47 Å². The fourth-order valence-electron chi connectivity index (χ4n) is 8.04. The van der Waals surface area contributed by atoms with Gasteiger partial charge in [0.1, 0.15) is 29.8 Å². The Morgan fingerprint density at radius 3 is 2.71 bits per heavy atom.